The van der Waals surface area contributed by atoms with Gasteiger partial charge in [0.1, 0.15) is 10.3 Å². The fraction of sp³-hybridized carbons (Fsp3) is 0.478. The average Bonchev–Trinajstić information content (AvgIpc) is 3.61. The van der Waals surface area contributed by atoms with Gasteiger partial charge in [0.2, 0.25) is 5.91 Å². The van der Waals surface area contributed by atoms with Crippen LogP contribution in [-0.2, 0) is 19.6 Å². The Morgan fingerprint density at radius 3 is 2.69 bits per heavy atom. The number of halogens is 2. The SMILES string of the molecule is O=C(C1CCCN1S(=O)(=O)c1ccc(Cl)s1)N(CCCN1CCOCC1)c1nc2ccc(Cl)cc2s1. The lowest BCUT2D eigenvalue weighted by molar-refractivity contribution is -0.121. The lowest BCUT2D eigenvalue weighted by atomic mass is 10.2. The number of carbonyl (C=O) groups excluding carboxylic acids is 1. The first-order valence-corrected chi connectivity index (χ1v) is 15.6. The van der Waals surface area contributed by atoms with E-state index in [0.717, 1.165) is 47.6 Å². The van der Waals surface area contributed by atoms with E-state index in [9.17, 15) is 13.2 Å². The molecule has 0 N–H and O–H groups in total. The van der Waals surface area contributed by atoms with Gasteiger partial charge in [-0.3, -0.25) is 14.6 Å². The number of thiazole rings is 1. The van der Waals surface area contributed by atoms with Crippen LogP contribution < -0.4 is 4.90 Å². The number of hydrogen-bond acceptors (Lipinski definition) is 8. The minimum atomic E-state index is -3.83. The minimum Gasteiger partial charge on any atom is -0.379 e. The Balaban J connectivity index is 1.41. The molecular weight excluding hydrogens is 563 g/mol. The van der Waals surface area contributed by atoms with Crippen molar-refractivity contribution in [3.63, 3.8) is 0 Å². The predicted molar refractivity (Wildman–Crippen MR) is 145 cm³/mol. The van der Waals surface area contributed by atoms with Crippen LogP contribution in [0.4, 0.5) is 5.13 Å². The Hall–Kier alpha value is -1.31. The Morgan fingerprint density at radius 1 is 1.14 bits per heavy atom. The summed E-state index contributed by atoms with van der Waals surface area (Å²) < 4.78 is 35.0. The molecule has 5 rings (SSSR count). The Morgan fingerprint density at radius 2 is 1.94 bits per heavy atom. The molecule has 2 aromatic heterocycles. The van der Waals surface area contributed by atoms with Crippen molar-refractivity contribution in [3.8, 4) is 0 Å². The topological polar surface area (TPSA) is 83.1 Å². The summed E-state index contributed by atoms with van der Waals surface area (Å²) >= 11 is 14.6. The van der Waals surface area contributed by atoms with Gasteiger partial charge in [-0.1, -0.05) is 34.5 Å². The molecule has 1 atom stereocenters. The van der Waals surface area contributed by atoms with Crippen LogP contribution in [0.15, 0.2) is 34.5 Å². The zero-order valence-electron chi connectivity index (χ0n) is 19.4. The first-order valence-electron chi connectivity index (χ1n) is 11.8. The number of benzene rings is 1. The van der Waals surface area contributed by atoms with E-state index in [0.29, 0.717) is 53.6 Å². The summed E-state index contributed by atoms with van der Waals surface area (Å²) in [5.41, 5.74) is 0.759. The van der Waals surface area contributed by atoms with Crippen molar-refractivity contribution in [1.82, 2.24) is 14.2 Å². The summed E-state index contributed by atoms with van der Waals surface area (Å²) in [4.78, 5) is 22.7. The van der Waals surface area contributed by atoms with Crippen molar-refractivity contribution >= 4 is 77.2 Å². The third-order valence-electron chi connectivity index (χ3n) is 6.40. The number of anilines is 1. The molecule has 3 aromatic rings. The molecule has 13 heteroatoms. The van der Waals surface area contributed by atoms with Crippen LogP contribution in [-0.4, -0.2) is 80.5 Å². The molecule has 36 heavy (non-hydrogen) atoms. The highest BCUT2D eigenvalue weighted by molar-refractivity contribution is 7.91. The van der Waals surface area contributed by atoms with Gasteiger partial charge < -0.3 is 4.74 Å². The third-order valence-corrected chi connectivity index (χ3v) is 11.3. The Labute approximate surface area is 228 Å². The zero-order valence-corrected chi connectivity index (χ0v) is 23.4. The van der Waals surface area contributed by atoms with Gasteiger partial charge in [0.15, 0.2) is 5.13 Å². The first kappa shape index (κ1) is 26.3. The van der Waals surface area contributed by atoms with E-state index in [1.165, 1.54) is 21.7 Å². The van der Waals surface area contributed by atoms with Crippen molar-refractivity contribution in [2.45, 2.75) is 29.5 Å². The van der Waals surface area contributed by atoms with E-state index in [1.807, 2.05) is 12.1 Å². The molecule has 0 spiro atoms. The summed E-state index contributed by atoms with van der Waals surface area (Å²) in [7, 11) is -3.83. The number of hydrogen-bond donors (Lipinski definition) is 0. The zero-order chi connectivity index (χ0) is 25.3. The molecule has 2 saturated heterocycles. The molecule has 1 amide bonds. The fourth-order valence-corrected chi connectivity index (χ4v) is 9.12. The van der Waals surface area contributed by atoms with Gasteiger partial charge in [0, 0.05) is 37.7 Å². The molecule has 194 valence electrons. The number of aromatic nitrogens is 1. The second-order valence-corrected chi connectivity index (χ2v) is 14.0. The van der Waals surface area contributed by atoms with Gasteiger partial charge in [0.25, 0.3) is 10.0 Å². The van der Waals surface area contributed by atoms with Crippen LogP contribution in [0, 0.1) is 0 Å². The molecule has 4 heterocycles. The van der Waals surface area contributed by atoms with E-state index in [4.69, 9.17) is 32.9 Å². The van der Waals surface area contributed by atoms with Crippen LogP contribution in [0.5, 0.6) is 0 Å². The molecule has 0 saturated carbocycles. The molecule has 0 radical (unpaired) electrons. The summed E-state index contributed by atoms with van der Waals surface area (Å²) in [6.07, 6.45) is 1.82. The largest absolute Gasteiger partial charge is 0.379 e. The van der Waals surface area contributed by atoms with Crippen molar-refractivity contribution in [3.05, 3.63) is 39.7 Å². The summed E-state index contributed by atoms with van der Waals surface area (Å²) in [6.45, 7) is 4.72. The smallest absolute Gasteiger partial charge is 0.253 e. The number of nitrogens with zero attached hydrogens (tertiary/aromatic N) is 4. The number of amides is 1. The van der Waals surface area contributed by atoms with Crippen molar-refractivity contribution in [1.29, 1.82) is 0 Å². The van der Waals surface area contributed by atoms with Gasteiger partial charge in [-0.15, -0.1) is 11.3 Å². The maximum atomic E-state index is 14.0. The van der Waals surface area contributed by atoms with E-state index in [-0.39, 0.29) is 10.1 Å². The normalized spacial score (nSPS) is 19.8. The van der Waals surface area contributed by atoms with Crippen molar-refractivity contribution in [2.75, 3.05) is 50.8 Å². The van der Waals surface area contributed by atoms with E-state index in [2.05, 4.69) is 4.90 Å². The second kappa shape index (κ2) is 11.2. The number of rotatable bonds is 8. The van der Waals surface area contributed by atoms with Gasteiger partial charge in [-0.05, 0) is 49.6 Å². The standard InChI is InChI=1S/C23H26Cl2N4O4S3/c24-16-4-5-17-19(15-16)34-23(26-17)28(9-2-8-27-11-13-33-14-12-27)22(30)18-3-1-10-29(18)36(31,32)21-7-6-20(25)35-21/h4-7,15,18H,1-3,8-14H2. The summed E-state index contributed by atoms with van der Waals surface area (Å²) in [6, 6.07) is 7.72. The highest BCUT2D eigenvalue weighted by Gasteiger charge is 2.42. The number of morpholine rings is 1. The summed E-state index contributed by atoms with van der Waals surface area (Å²) in [5.74, 6) is -0.245. The number of carbonyl (C=O) groups is 1. The van der Waals surface area contributed by atoms with Crippen LogP contribution in [0.3, 0.4) is 0 Å². The third kappa shape index (κ3) is 5.58. The molecule has 1 aromatic carbocycles. The molecular formula is C23H26Cl2N4O4S3. The predicted octanol–water partition coefficient (Wildman–Crippen LogP) is 4.57. The quantitative estimate of drug-likeness (QED) is 0.383. The average molecular weight is 590 g/mol. The van der Waals surface area contributed by atoms with E-state index >= 15 is 0 Å². The minimum absolute atomic E-state index is 0.153. The van der Waals surface area contributed by atoms with Crippen molar-refractivity contribution in [2.24, 2.45) is 0 Å². The monoisotopic (exact) mass is 588 g/mol. The van der Waals surface area contributed by atoms with Crippen LogP contribution in [0.1, 0.15) is 19.3 Å². The molecule has 2 fully saturated rings. The molecule has 8 nitrogen and oxygen atoms in total. The number of sulfonamides is 1. The van der Waals surface area contributed by atoms with Crippen molar-refractivity contribution < 1.29 is 17.9 Å². The summed E-state index contributed by atoms with van der Waals surface area (Å²) in [5, 5.41) is 1.16. The number of fused-ring (bicyclic) bond motifs is 1. The Bertz CT molecular complexity index is 1340. The molecule has 0 aliphatic carbocycles. The van der Waals surface area contributed by atoms with Crippen LogP contribution >= 0.6 is 45.9 Å². The molecule has 2 aliphatic rings. The lowest BCUT2D eigenvalue weighted by Gasteiger charge is -2.30. The van der Waals surface area contributed by atoms with Crippen LogP contribution in [0.25, 0.3) is 10.2 Å². The molecule has 2 aliphatic heterocycles. The van der Waals surface area contributed by atoms with E-state index < -0.39 is 16.1 Å². The second-order valence-electron chi connectivity index (χ2n) is 8.74. The number of thiophene rings is 1. The Kier molecular flexibility index (Phi) is 8.19. The van der Waals surface area contributed by atoms with Crippen LogP contribution in [0.2, 0.25) is 9.36 Å². The van der Waals surface area contributed by atoms with Gasteiger partial charge >= 0.3 is 0 Å². The highest BCUT2D eigenvalue weighted by atomic mass is 35.5. The highest BCUT2D eigenvalue weighted by Crippen LogP contribution is 2.35. The maximum Gasteiger partial charge on any atom is 0.253 e. The molecule has 1 unspecified atom stereocenters. The lowest BCUT2D eigenvalue weighted by Crippen LogP contribution is -2.48. The first-order chi connectivity index (χ1) is 17.3. The van der Waals surface area contributed by atoms with Gasteiger partial charge in [-0.2, -0.15) is 4.31 Å². The van der Waals surface area contributed by atoms with E-state index in [1.54, 1.807) is 17.0 Å². The van der Waals surface area contributed by atoms with Gasteiger partial charge in [-0.25, -0.2) is 13.4 Å². The maximum absolute atomic E-state index is 14.0. The number of ether oxygens (including phenoxy) is 1. The van der Waals surface area contributed by atoms with Gasteiger partial charge in [0.05, 0.1) is 27.8 Å². The molecule has 0 bridgehead atoms. The fourth-order valence-electron chi connectivity index (χ4n) is 4.59.